The molecule has 0 heterocycles. The zero-order valence-electron chi connectivity index (χ0n) is 14.0. The SMILES string of the molecule is O=C(OCCOc1c(Cl)cccc1Cl)C12C[C@@H]3C[C@@H](CC(O)(C3)C1)C2. The second-order valence-corrected chi connectivity index (χ2v) is 8.82. The predicted octanol–water partition coefficient (Wildman–Crippen LogP) is 4.25. The average molecular weight is 385 g/mol. The smallest absolute Gasteiger partial charge is 0.312 e. The van der Waals surface area contributed by atoms with Crippen molar-refractivity contribution in [3.05, 3.63) is 28.2 Å². The molecule has 0 aliphatic heterocycles. The van der Waals surface area contributed by atoms with E-state index in [9.17, 15) is 9.90 Å². The van der Waals surface area contributed by atoms with Gasteiger partial charge in [-0.25, -0.2) is 0 Å². The van der Waals surface area contributed by atoms with Gasteiger partial charge in [-0.05, 0) is 62.5 Å². The number of benzene rings is 1. The standard InChI is InChI=1S/C19H22Cl2O4/c20-14-2-1-3-15(21)16(14)24-4-5-25-17(22)18-7-12-6-13(8-18)10-19(23,9-12)11-18/h1-3,12-13,23H,4-11H2/t12-,13+,18?,19?. The van der Waals surface area contributed by atoms with E-state index in [1.54, 1.807) is 18.2 Å². The Labute approximate surface area is 157 Å². The number of esters is 1. The highest BCUT2D eigenvalue weighted by Gasteiger charge is 2.60. The van der Waals surface area contributed by atoms with Gasteiger partial charge < -0.3 is 14.6 Å². The van der Waals surface area contributed by atoms with Gasteiger partial charge in [0.2, 0.25) is 0 Å². The second kappa shape index (κ2) is 6.33. The summed E-state index contributed by atoms with van der Waals surface area (Å²) in [4.78, 5) is 12.7. The van der Waals surface area contributed by atoms with E-state index in [-0.39, 0.29) is 19.2 Å². The Morgan fingerprint density at radius 3 is 2.36 bits per heavy atom. The van der Waals surface area contributed by atoms with Gasteiger partial charge in [0.15, 0.2) is 5.75 Å². The first-order chi connectivity index (χ1) is 11.9. The van der Waals surface area contributed by atoms with Gasteiger partial charge in [-0.3, -0.25) is 4.79 Å². The summed E-state index contributed by atoms with van der Waals surface area (Å²) in [5.41, 5.74) is -1.16. The number of carbonyl (C=O) groups is 1. The van der Waals surface area contributed by atoms with Crippen LogP contribution in [0.2, 0.25) is 10.0 Å². The Balaban J connectivity index is 1.34. The number of hydrogen-bond donors (Lipinski definition) is 1. The third-order valence-corrected chi connectivity index (χ3v) is 6.54. The molecule has 4 aliphatic rings. The van der Waals surface area contributed by atoms with Crippen LogP contribution in [0, 0.1) is 17.3 Å². The van der Waals surface area contributed by atoms with E-state index in [1.807, 2.05) is 0 Å². The van der Waals surface area contributed by atoms with Crippen molar-refractivity contribution in [2.45, 2.75) is 44.1 Å². The number of aliphatic hydroxyl groups is 1. The molecule has 136 valence electrons. The highest BCUT2D eigenvalue weighted by atomic mass is 35.5. The lowest BCUT2D eigenvalue weighted by molar-refractivity contribution is -0.196. The highest BCUT2D eigenvalue weighted by molar-refractivity contribution is 6.37. The zero-order valence-corrected chi connectivity index (χ0v) is 15.5. The van der Waals surface area contributed by atoms with Crippen molar-refractivity contribution in [3.63, 3.8) is 0 Å². The molecule has 6 heteroatoms. The van der Waals surface area contributed by atoms with Crippen LogP contribution in [0.3, 0.4) is 0 Å². The Bertz CT molecular complexity index is 656. The van der Waals surface area contributed by atoms with Crippen LogP contribution in [0.1, 0.15) is 38.5 Å². The Kier molecular flexibility index (Phi) is 4.41. The van der Waals surface area contributed by atoms with Crippen molar-refractivity contribution in [1.29, 1.82) is 0 Å². The Hall–Kier alpha value is -0.970. The highest BCUT2D eigenvalue weighted by Crippen LogP contribution is 2.61. The average Bonchev–Trinajstić information content (AvgIpc) is 2.51. The summed E-state index contributed by atoms with van der Waals surface area (Å²) in [6, 6.07) is 5.14. The van der Waals surface area contributed by atoms with Gasteiger partial charge in [0.1, 0.15) is 13.2 Å². The maximum absolute atomic E-state index is 12.7. The van der Waals surface area contributed by atoms with Crippen LogP contribution in [0.25, 0.3) is 0 Å². The molecule has 4 atom stereocenters. The topological polar surface area (TPSA) is 55.8 Å². The molecule has 25 heavy (non-hydrogen) atoms. The van der Waals surface area contributed by atoms with E-state index >= 15 is 0 Å². The van der Waals surface area contributed by atoms with Crippen LogP contribution in [-0.2, 0) is 9.53 Å². The third-order valence-electron chi connectivity index (χ3n) is 5.95. The monoisotopic (exact) mass is 384 g/mol. The summed E-state index contributed by atoms with van der Waals surface area (Å²) in [6.07, 6.45) is 5.07. The number of halogens is 2. The maximum Gasteiger partial charge on any atom is 0.312 e. The molecule has 4 bridgehead atoms. The van der Waals surface area contributed by atoms with Gasteiger partial charge in [-0.15, -0.1) is 0 Å². The molecule has 0 aromatic heterocycles. The van der Waals surface area contributed by atoms with Gasteiger partial charge in [0.05, 0.1) is 21.1 Å². The van der Waals surface area contributed by atoms with Crippen LogP contribution in [0.15, 0.2) is 18.2 Å². The molecule has 4 nitrogen and oxygen atoms in total. The first-order valence-corrected chi connectivity index (χ1v) is 9.61. The normalized spacial score (nSPS) is 35.6. The molecule has 0 spiro atoms. The lowest BCUT2D eigenvalue weighted by Gasteiger charge is -2.58. The summed E-state index contributed by atoms with van der Waals surface area (Å²) < 4.78 is 11.1. The molecular weight excluding hydrogens is 363 g/mol. The summed E-state index contributed by atoms with van der Waals surface area (Å²) in [7, 11) is 0. The van der Waals surface area contributed by atoms with Crippen molar-refractivity contribution >= 4 is 29.2 Å². The van der Waals surface area contributed by atoms with E-state index in [4.69, 9.17) is 32.7 Å². The fraction of sp³-hybridized carbons (Fsp3) is 0.632. The minimum Gasteiger partial charge on any atom is -0.487 e. The van der Waals surface area contributed by atoms with Crippen LogP contribution in [0.5, 0.6) is 5.75 Å². The largest absolute Gasteiger partial charge is 0.487 e. The van der Waals surface area contributed by atoms with Gasteiger partial charge in [-0.2, -0.15) is 0 Å². The van der Waals surface area contributed by atoms with E-state index in [2.05, 4.69) is 0 Å². The molecule has 2 unspecified atom stereocenters. The fourth-order valence-corrected chi connectivity index (χ4v) is 6.01. The van der Waals surface area contributed by atoms with Crippen molar-refractivity contribution in [1.82, 2.24) is 0 Å². The van der Waals surface area contributed by atoms with Crippen molar-refractivity contribution in [2.75, 3.05) is 13.2 Å². The molecule has 1 aromatic carbocycles. The third kappa shape index (κ3) is 3.24. The summed E-state index contributed by atoms with van der Waals surface area (Å²) >= 11 is 12.1. The van der Waals surface area contributed by atoms with Crippen molar-refractivity contribution in [3.8, 4) is 5.75 Å². The summed E-state index contributed by atoms with van der Waals surface area (Å²) in [6.45, 7) is 0.346. The van der Waals surface area contributed by atoms with Crippen LogP contribution in [-0.4, -0.2) is 29.9 Å². The lowest BCUT2D eigenvalue weighted by Crippen LogP contribution is -2.58. The summed E-state index contributed by atoms with van der Waals surface area (Å²) in [5.74, 6) is 1.13. The van der Waals surface area contributed by atoms with E-state index in [0.717, 1.165) is 32.1 Å². The number of carbonyl (C=O) groups excluding carboxylic acids is 1. The van der Waals surface area contributed by atoms with E-state index < -0.39 is 11.0 Å². The fourth-order valence-electron chi connectivity index (χ4n) is 5.50. The first kappa shape index (κ1) is 17.4. The van der Waals surface area contributed by atoms with Crippen LogP contribution >= 0.6 is 23.2 Å². The van der Waals surface area contributed by atoms with Crippen molar-refractivity contribution < 1.29 is 19.4 Å². The quantitative estimate of drug-likeness (QED) is 0.608. The first-order valence-electron chi connectivity index (χ1n) is 8.86. The molecule has 5 rings (SSSR count). The maximum atomic E-state index is 12.7. The number of ether oxygens (including phenoxy) is 2. The van der Waals surface area contributed by atoms with Gasteiger partial charge >= 0.3 is 5.97 Å². The number of para-hydroxylation sites is 1. The molecular formula is C19H22Cl2O4. The Morgan fingerprint density at radius 2 is 1.76 bits per heavy atom. The van der Waals surface area contributed by atoms with Crippen LogP contribution < -0.4 is 4.74 Å². The molecule has 4 saturated carbocycles. The van der Waals surface area contributed by atoms with E-state index in [1.165, 1.54) is 0 Å². The van der Waals surface area contributed by atoms with Crippen molar-refractivity contribution in [2.24, 2.45) is 17.3 Å². The molecule has 0 radical (unpaired) electrons. The number of rotatable bonds is 5. The minimum absolute atomic E-state index is 0.149. The minimum atomic E-state index is -0.662. The lowest BCUT2D eigenvalue weighted by atomic mass is 9.48. The molecule has 0 saturated heterocycles. The molecule has 1 N–H and O–H groups in total. The van der Waals surface area contributed by atoms with E-state index in [0.29, 0.717) is 34.1 Å². The van der Waals surface area contributed by atoms with Gasteiger partial charge in [0.25, 0.3) is 0 Å². The Morgan fingerprint density at radius 1 is 1.12 bits per heavy atom. The van der Waals surface area contributed by atoms with Gasteiger partial charge in [-0.1, -0.05) is 29.3 Å². The summed E-state index contributed by atoms with van der Waals surface area (Å²) in [5, 5.41) is 11.6. The second-order valence-electron chi connectivity index (χ2n) is 8.00. The van der Waals surface area contributed by atoms with Crippen LogP contribution in [0.4, 0.5) is 0 Å². The zero-order chi connectivity index (χ0) is 17.7. The number of hydrogen-bond acceptors (Lipinski definition) is 4. The molecule has 0 amide bonds. The molecule has 1 aromatic rings. The van der Waals surface area contributed by atoms with Gasteiger partial charge in [0, 0.05) is 0 Å². The predicted molar refractivity (Wildman–Crippen MR) is 95.0 cm³/mol. The molecule has 4 aliphatic carbocycles. The molecule has 4 fully saturated rings.